The summed E-state index contributed by atoms with van der Waals surface area (Å²) in [5.74, 6) is 0.337. The summed E-state index contributed by atoms with van der Waals surface area (Å²) < 4.78 is 0. The van der Waals surface area contributed by atoms with Crippen molar-refractivity contribution in [2.24, 2.45) is 0 Å². The minimum atomic E-state index is -0.238. The predicted molar refractivity (Wildman–Crippen MR) is 94.3 cm³/mol. The summed E-state index contributed by atoms with van der Waals surface area (Å²) in [6.07, 6.45) is 1.62. The van der Waals surface area contributed by atoms with Crippen LogP contribution in [0.2, 0.25) is 0 Å². The molecule has 0 bridgehead atoms. The fraction of sp³-hybridized carbons (Fsp3) is 0.353. The topological polar surface area (TPSA) is 61.4 Å². The van der Waals surface area contributed by atoms with Gasteiger partial charge >= 0.3 is 0 Å². The molecule has 1 N–H and O–H groups in total. The molecule has 0 aliphatic carbocycles. The van der Waals surface area contributed by atoms with Crippen molar-refractivity contribution in [3.63, 3.8) is 0 Å². The SMILES string of the molecule is CCN(CC)c1nccc(C(=O)Nc2ccc(N(C)C)cc2)n1. The molecule has 1 aromatic heterocycles. The Balaban J connectivity index is 2.12. The molecule has 0 saturated heterocycles. The Bertz CT molecular complexity index is 650. The number of hydrogen-bond donors (Lipinski definition) is 1. The van der Waals surface area contributed by atoms with Crippen molar-refractivity contribution in [1.82, 2.24) is 9.97 Å². The standard InChI is InChI=1S/C17H23N5O/c1-5-22(6-2)17-18-12-11-15(20-17)16(23)19-13-7-9-14(10-8-13)21(3)4/h7-12H,5-6H2,1-4H3,(H,19,23). The van der Waals surface area contributed by atoms with Gasteiger partial charge in [-0.2, -0.15) is 0 Å². The van der Waals surface area contributed by atoms with Gasteiger partial charge in [0, 0.05) is 44.8 Å². The van der Waals surface area contributed by atoms with Crippen molar-refractivity contribution in [3.05, 3.63) is 42.2 Å². The Hall–Kier alpha value is -2.63. The molecule has 2 aromatic rings. The van der Waals surface area contributed by atoms with Crippen LogP contribution in [0.3, 0.4) is 0 Å². The molecular weight excluding hydrogens is 290 g/mol. The van der Waals surface area contributed by atoms with Crippen LogP contribution in [0.5, 0.6) is 0 Å². The van der Waals surface area contributed by atoms with E-state index < -0.39 is 0 Å². The van der Waals surface area contributed by atoms with Gasteiger partial charge in [0.05, 0.1) is 0 Å². The van der Waals surface area contributed by atoms with Crippen molar-refractivity contribution in [1.29, 1.82) is 0 Å². The summed E-state index contributed by atoms with van der Waals surface area (Å²) in [7, 11) is 3.95. The van der Waals surface area contributed by atoms with E-state index in [1.165, 1.54) is 0 Å². The van der Waals surface area contributed by atoms with Crippen LogP contribution in [0.1, 0.15) is 24.3 Å². The summed E-state index contributed by atoms with van der Waals surface area (Å²) in [5.41, 5.74) is 2.18. The third-order valence-electron chi connectivity index (χ3n) is 3.56. The Morgan fingerprint density at radius 2 is 1.74 bits per heavy atom. The van der Waals surface area contributed by atoms with Crippen LogP contribution in [0.25, 0.3) is 0 Å². The lowest BCUT2D eigenvalue weighted by atomic mass is 10.2. The second-order valence-corrected chi connectivity index (χ2v) is 5.31. The van der Waals surface area contributed by atoms with E-state index in [0.29, 0.717) is 11.6 Å². The molecule has 0 unspecified atom stereocenters. The first-order valence-corrected chi connectivity index (χ1v) is 7.71. The summed E-state index contributed by atoms with van der Waals surface area (Å²) in [4.78, 5) is 24.9. The van der Waals surface area contributed by atoms with Crippen molar-refractivity contribution < 1.29 is 4.79 Å². The molecule has 122 valence electrons. The lowest BCUT2D eigenvalue weighted by molar-refractivity contribution is 0.102. The highest BCUT2D eigenvalue weighted by atomic mass is 16.1. The number of aromatic nitrogens is 2. The van der Waals surface area contributed by atoms with E-state index in [9.17, 15) is 4.79 Å². The number of nitrogens with zero attached hydrogens (tertiary/aromatic N) is 4. The molecule has 0 radical (unpaired) electrons. The van der Waals surface area contributed by atoms with Gasteiger partial charge in [0.25, 0.3) is 5.91 Å². The molecule has 6 nitrogen and oxygen atoms in total. The monoisotopic (exact) mass is 313 g/mol. The lowest BCUT2D eigenvalue weighted by Crippen LogP contribution is -2.25. The van der Waals surface area contributed by atoms with Crippen LogP contribution in [-0.2, 0) is 0 Å². The second-order valence-electron chi connectivity index (χ2n) is 5.31. The van der Waals surface area contributed by atoms with Gasteiger partial charge in [-0.1, -0.05) is 0 Å². The van der Waals surface area contributed by atoms with Crippen molar-refractivity contribution >= 4 is 23.2 Å². The number of amides is 1. The highest BCUT2D eigenvalue weighted by Crippen LogP contribution is 2.16. The fourth-order valence-electron chi connectivity index (χ4n) is 2.17. The lowest BCUT2D eigenvalue weighted by Gasteiger charge is -2.18. The van der Waals surface area contributed by atoms with Gasteiger partial charge in [0.15, 0.2) is 0 Å². The zero-order valence-corrected chi connectivity index (χ0v) is 14.1. The largest absolute Gasteiger partial charge is 0.378 e. The highest BCUT2D eigenvalue weighted by Gasteiger charge is 2.12. The van der Waals surface area contributed by atoms with Crippen LogP contribution >= 0.6 is 0 Å². The summed E-state index contributed by atoms with van der Waals surface area (Å²) in [5, 5.41) is 2.86. The van der Waals surface area contributed by atoms with E-state index in [1.807, 2.05) is 62.0 Å². The molecule has 1 amide bonds. The molecule has 0 atom stereocenters. The van der Waals surface area contributed by atoms with Crippen molar-refractivity contribution in [3.8, 4) is 0 Å². The van der Waals surface area contributed by atoms with Gasteiger partial charge in [-0.05, 0) is 44.2 Å². The van der Waals surface area contributed by atoms with Crippen LogP contribution in [0, 0.1) is 0 Å². The van der Waals surface area contributed by atoms with Gasteiger partial charge in [0.1, 0.15) is 5.69 Å². The Morgan fingerprint density at radius 1 is 1.09 bits per heavy atom. The van der Waals surface area contributed by atoms with Gasteiger partial charge in [0.2, 0.25) is 5.95 Å². The molecule has 2 rings (SSSR count). The predicted octanol–water partition coefficient (Wildman–Crippen LogP) is 2.64. The first-order valence-electron chi connectivity index (χ1n) is 7.71. The number of carbonyl (C=O) groups excluding carboxylic acids is 1. The molecule has 0 saturated carbocycles. The highest BCUT2D eigenvalue weighted by molar-refractivity contribution is 6.03. The Morgan fingerprint density at radius 3 is 2.30 bits per heavy atom. The minimum Gasteiger partial charge on any atom is -0.378 e. The molecule has 0 aliphatic heterocycles. The first kappa shape index (κ1) is 16.7. The van der Waals surface area contributed by atoms with E-state index >= 15 is 0 Å². The average molecular weight is 313 g/mol. The molecule has 0 fully saturated rings. The van der Waals surface area contributed by atoms with Crippen LogP contribution < -0.4 is 15.1 Å². The van der Waals surface area contributed by atoms with Gasteiger partial charge in [-0.25, -0.2) is 9.97 Å². The van der Waals surface area contributed by atoms with Crippen LogP contribution in [-0.4, -0.2) is 43.1 Å². The molecule has 6 heteroatoms. The maximum atomic E-state index is 12.4. The number of carbonyl (C=O) groups is 1. The number of hydrogen-bond acceptors (Lipinski definition) is 5. The molecule has 1 aromatic carbocycles. The van der Waals surface area contributed by atoms with Crippen molar-refractivity contribution in [2.45, 2.75) is 13.8 Å². The molecule has 23 heavy (non-hydrogen) atoms. The van der Waals surface area contributed by atoms with E-state index in [1.54, 1.807) is 12.3 Å². The first-order chi connectivity index (χ1) is 11.0. The maximum absolute atomic E-state index is 12.4. The van der Waals surface area contributed by atoms with Crippen molar-refractivity contribution in [2.75, 3.05) is 42.3 Å². The van der Waals surface area contributed by atoms with E-state index in [0.717, 1.165) is 24.5 Å². The zero-order valence-electron chi connectivity index (χ0n) is 14.1. The molecule has 0 aliphatic rings. The van der Waals surface area contributed by atoms with Gasteiger partial charge in [-0.15, -0.1) is 0 Å². The van der Waals surface area contributed by atoms with E-state index in [4.69, 9.17) is 0 Å². The fourth-order valence-corrected chi connectivity index (χ4v) is 2.17. The summed E-state index contributed by atoms with van der Waals surface area (Å²) in [6, 6.07) is 9.28. The zero-order chi connectivity index (χ0) is 16.8. The van der Waals surface area contributed by atoms with E-state index in [-0.39, 0.29) is 5.91 Å². The quantitative estimate of drug-likeness (QED) is 0.888. The normalized spacial score (nSPS) is 10.3. The molecular formula is C17H23N5O. The third kappa shape index (κ3) is 4.18. The van der Waals surface area contributed by atoms with Crippen LogP contribution in [0.15, 0.2) is 36.5 Å². The Kier molecular flexibility index (Phi) is 5.51. The van der Waals surface area contributed by atoms with Gasteiger partial charge < -0.3 is 15.1 Å². The Labute approximate surface area is 137 Å². The molecule has 1 heterocycles. The summed E-state index contributed by atoms with van der Waals surface area (Å²) in [6.45, 7) is 5.67. The number of nitrogens with one attached hydrogen (secondary N) is 1. The minimum absolute atomic E-state index is 0.238. The average Bonchev–Trinajstić information content (AvgIpc) is 2.57. The van der Waals surface area contributed by atoms with E-state index in [2.05, 4.69) is 15.3 Å². The van der Waals surface area contributed by atoms with Crippen LogP contribution in [0.4, 0.5) is 17.3 Å². The molecule has 0 spiro atoms. The van der Waals surface area contributed by atoms with Gasteiger partial charge in [-0.3, -0.25) is 4.79 Å². The summed E-state index contributed by atoms with van der Waals surface area (Å²) >= 11 is 0. The second kappa shape index (κ2) is 7.58. The number of benzene rings is 1. The third-order valence-corrected chi connectivity index (χ3v) is 3.56. The maximum Gasteiger partial charge on any atom is 0.274 e. The number of rotatable bonds is 6. The number of anilines is 3. The smallest absolute Gasteiger partial charge is 0.274 e.